The molecule has 1 aromatic heterocycles. The largest absolute Gasteiger partial charge is 0.481 e. The maximum atomic E-state index is 5.35. The van der Waals surface area contributed by atoms with Crippen molar-refractivity contribution in [3.8, 4) is 5.88 Å². The van der Waals surface area contributed by atoms with E-state index < -0.39 is 0 Å². The van der Waals surface area contributed by atoms with Crippen LogP contribution in [0.3, 0.4) is 0 Å². The first-order chi connectivity index (χ1) is 6.26. The molecule has 0 fully saturated rings. The molecule has 0 aromatic carbocycles. The van der Waals surface area contributed by atoms with Crippen LogP contribution < -0.4 is 10.5 Å². The molecule has 0 atom stereocenters. The summed E-state index contributed by atoms with van der Waals surface area (Å²) in [6.45, 7) is 2.48. The number of ether oxygens (including phenoxy) is 1. The maximum Gasteiger partial charge on any atom is 0.213 e. The average molecular weight is 178 g/mol. The summed E-state index contributed by atoms with van der Waals surface area (Å²) in [7, 11) is 1.61. The Bertz CT molecular complexity index is 308. The summed E-state index contributed by atoms with van der Waals surface area (Å²) in [5, 5.41) is 0. The minimum absolute atomic E-state index is 0.545. The standard InChI is InChI=1S/C10H14N2O/c1-8-6-9(4-3-5-11)7-10(12-8)13-2/h3-4,6-7H,5,11H2,1-2H3/b4-3+. The fourth-order valence-electron chi connectivity index (χ4n) is 1.07. The van der Waals surface area contributed by atoms with Crippen LogP contribution in [0.25, 0.3) is 6.08 Å². The van der Waals surface area contributed by atoms with E-state index in [-0.39, 0.29) is 0 Å². The van der Waals surface area contributed by atoms with Crippen molar-refractivity contribution < 1.29 is 4.74 Å². The van der Waals surface area contributed by atoms with Gasteiger partial charge in [0.25, 0.3) is 0 Å². The lowest BCUT2D eigenvalue weighted by molar-refractivity contribution is 0.397. The van der Waals surface area contributed by atoms with Gasteiger partial charge in [-0.25, -0.2) is 4.98 Å². The molecule has 1 rings (SSSR count). The lowest BCUT2D eigenvalue weighted by Crippen LogP contribution is -1.93. The van der Waals surface area contributed by atoms with Crippen LogP contribution in [0.1, 0.15) is 11.3 Å². The van der Waals surface area contributed by atoms with Gasteiger partial charge >= 0.3 is 0 Å². The molecule has 1 heterocycles. The highest BCUT2D eigenvalue weighted by Gasteiger charge is 1.96. The second-order valence-corrected chi connectivity index (χ2v) is 2.72. The Hall–Kier alpha value is -1.35. The predicted molar refractivity (Wildman–Crippen MR) is 53.6 cm³/mol. The van der Waals surface area contributed by atoms with Crippen molar-refractivity contribution in [2.45, 2.75) is 6.92 Å². The molecule has 70 valence electrons. The molecule has 1 aromatic rings. The molecule has 0 aliphatic carbocycles. The van der Waals surface area contributed by atoms with Crippen molar-refractivity contribution in [2.75, 3.05) is 13.7 Å². The van der Waals surface area contributed by atoms with Crippen LogP contribution in [0.15, 0.2) is 18.2 Å². The van der Waals surface area contributed by atoms with Gasteiger partial charge in [-0.1, -0.05) is 12.2 Å². The number of nitrogens with zero attached hydrogens (tertiary/aromatic N) is 1. The molecule has 0 saturated heterocycles. The molecule has 0 unspecified atom stereocenters. The fourth-order valence-corrected chi connectivity index (χ4v) is 1.07. The van der Waals surface area contributed by atoms with Gasteiger partial charge in [-0.15, -0.1) is 0 Å². The molecule has 3 nitrogen and oxygen atoms in total. The van der Waals surface area contributed by atoms with Crippen molar-refractivity contribution in [1.29, 1.82) is 0 Å². The molecule has 0 spiro atoms. The zero-order valence-electron chi connectivity index (χ0n) is 7.95. The highest BCUT2D eigenvalue weighted by molar-refractivity contribution is 5.51. The third-order valence-electron chi connectivity index (χ3n) is 1.61. The van der Waals surface area contributed by atoms with Gasteiger partial charge in [0.15, 0.2) is 0 Å². The van der Waals surface area contributed by atoms with Crippen LogP contribution in [0, 0.1) is 6.92 Å². The number of nitrogens with two attached hydrogens (primary N) is 1. The first kappa shape index (κ1) is 9.74. The van der Waals surface area contributed by atoms with Crippen LogP contribution in [-0.2, 0) is 0 Å². The molecular weight excluding hydrogens is 164 g/mol. The van der Waals surface area contributed by atoms with E-state index in [0.717, 1.165) is 11.3 Å². The summed E-state index contributed by atoms with van der Waals surface area (Å²) in [6.07, 6.45) is 3.85. The Morgan fingerprint density at radius 1 is 1.54 bits per heavy atom. The average Bonchev–Trinajstić information content (AvgIpc) is 2.14. The van der Waals surface area contributed by atoms with Crippen LogP contribution in [0.4, 0.5) is 0 Å². The van der Waals surface area contributed by atoms with Crippen molar-refractivity contribution >= 4 is 6.08 Å². The van der Waals surface area contributed by atoms with Crippen LogP contribution >= 0.6 is 0 Å². The van der Waals surface area contributed by atoms with Crippen LogP contribution in [-0.4, -0.2) is 18.6 Å². The van der Waals surface area contributed by atoms with E-state index in [9.17, 15) is 0 Å². The molecule has 0 aliphatic rings. The maximum absolute atomic E-state index is 5.35. The van der Waals surface area contributed by atoms with Gasteiger partial charge in [-0.05, 0) is 18.6 Å². The van der Waals surface area contributed by atoms with E-state index in [0.29, 0.717) is 12.4 Å². The first-order valence-corrected chi connectivity index (χ1v) is 4.15. The third kappa shape index (κ3) is 2.87. The summed E-state index contributed by atoms with van der Waals surface area (Å²) in [6, 6.07) is 3.85. The molecule has 3 heteroatoms. The molecule has 0 saturated carbocycles. The smallest absolute Gasteiger partial charge is 0.213 e. The Kier molecular flexibility index (Phi) is 3.46. The minimum atomic E-state index is 0.545. The molecule has 0 aliphatic heterocycles. The second-order valence-electron chi connectivity index (χ2n) is 2.72. The van der Waals surface area contributed by atoms with E-state index in [1.165, 1.54) is 0 Å². The van der Waals surface area contributed by atoms with Crippen molar-refractivity contribution in [2.24, 2.45) is 5.73 Å². The molecule has 0 radical (unpaired) electrons. The fraction of sp³-hybridized carbons (Fsp3) is 0.300. The lowest BCUT2D eigenvalue weighted by atomic mass is 10.2. The Labute approximate surface area is 78.2 Å². The number of rotatable bonds is 3. The van der Waals surface area contributed by atoms with Crippen molar-refractivity contribution in [1.82, 2.24) is 4.98 Å². The van der Waals surface area contributed by atoms with Gasteiger partial charge in [0.1, 0.15) is 0 Å². The third-order valence-corrected chi connectivity index (χ3v) is 1.61. The topological polar surface area (TPSA) is 48.1 Å². The normalized spacial score (nSPS) is 10.7. The number of aryl methyl sites for hydroxylation is 1. The van der Waals surface area contributed by atoms with Crippen molar-refractivity contribution in [3.05, 3.63) is 29.5 Å². The Balaban J connectivity index is 2.94. The highest BCUT2D eigenvalue weighted by atomic mass is 16.5. The zero-order chi connectivity index (χ0) is 9.68. The van der Waals surface area contributed by atoms with Crippen molar-refractivity contribution in [3.63, 3.8) is 0 Å². The van der Waals surface area contributed by atoms with Crippen LogP contribution in [0.2, 0.25) is 0 Å². The number of pyridine rings is 1. The molecular formula is C10H14N2O. The van der Waals surface area contributed by atoms with E-state index in [2.05, 4.69) is 4.98 Å². The van der Waals surface area contributed by atoms with Gasteiger partial charge in [-0.2, -0.15) is 0 Å². The molecule has 0 amide bonds. The second kappa shape index (κ2) is 4.62. The summed E-state index contributed by atoms with van der Waals surface area (Å²) in [4.78, 5) is 4.17. The number of hydrogen-bond acceptors (Lipinski definition) is 3. The summed E-state index contributed by atoms with van der Waals surface area (Å²) >= 11 is 0. The Morgan fingerprint density at radius 2 is 2.31 bits per heavy atom. The monoisotopic (exact) mass is 178 g/mol. The van der Waals surface area contributed by atoms with E-state index in [4.69, 9.17) is 10.5 Å². The van der Waals surface area contributed by atoms with E-state index >= 15 is 0 Å². The quantitative estimate of drug-likeness (QED) is 0.760. The van der Waals surface area contributed by atoms with Gasteiger partial charge in [0, 0.05) is 18.3 Å². The minimum Gasteiger partial charge on any atom is -0.481 e. The summed E-state index contributed by atoms with van der Waals surface area (Å²) < 4.78 is 5.04. The van der Waals surface area contributed by atoms with E-state index in [1.54, 1.807) is 7.11 Å². The highest BCUT2D eigenvalue weighted by Crippen LogP contribution is 2.12. The molecule has 13 heavy (non-hydrogen) atoms. The van der Waals surface area contributed by atoms with E-state index in [1.807, 2.05) is 31.2 Å². The van der Waals surface area contributed by atoms with Crippen LogP contribution in [0.5, 0.6) is 5.88 Å². The van der Waals surface area contributed by atoms with Gasteiger partial charge in [-0.3, -0.25) is 0 Å². The molecule has 0 bridgehead atoms. The van der Waals surface area contributed by atoms with Gasteiger partial charge in [0.05, 0.1) is 7.11 Å². The number of hydrogen-bond donors (Lipinski definition) is 1. The Morgan fingerprint density at radius 3 is 2.92 bits per heavy atom. The number of aromatic nitrogens is 1. The number of methoxy groups -OCH3 is 1. The molecule has 2 N–H and O–H groups in total. The summed E-state index contributed by atoms with van der Waals surface area (Å²) in [5.74, 6) is 0.636. The zero-order valence-corrected chi connectivity index (χ0v) is 7.95. The van der Waals surface area contributed by atoms with Gasteiger partial charge in [0.2, 0.25) is 5.88 Å². The predicted octanol–water partition coefficient (Wildman–Crippen LogP) is 1.37. The lowest BCUT2D eigenvalue weighted by Gasteiger charge is -2.01. The SMILES string of the molecule is COc1cc(/C=C/CN)cc(C)n1. The van der Waals surface area contributed by atoms with Gasteiger partial charge < -0.3 is 10.5 Å². The first-order valence-electron chi connectivity index (χ1n) is 4.15. The summed E-state index contributed by atoms with van der Waals surface area (Å²) in [5.41, 5.74) is 7.36.